The first kappa shape index (κ1) is 19.4. The first-order valence-corrected chi connectivity index (χ1v) is 9.21. The van der Waals surface area contributed by atoms with E-state index in [4.69, 9.17) is 11.5 Å². The molecule has 0 atom stereocenters. The van der Waals surface area contributed by atoms with Gasteiger partial charge >= 0.3 is 0 Å². The molecule has 0 aliphatic rings. The first-order chi connectivity index (χ1) is 13.4. The van der Waals surface area contributed by atoms with Crippen molar-refractivity contribution in [3.05, 3.63) is 75.1 Å². The Morgan fingerprint density at radius 2 is 1.71 bits per heavy atom. The lowest BCUT2D eigenvalue weighted by Gasteiger charge is -2.07. The molecule has 0 aliphatic carbocycles. The van der Waals surface area contributed by atoms with Crippen LogP contribution in [-0.2, 0) is 7.05 Å². The second kappa shape index (κ2) is 8.13. The quantitative estimate of drug-likeness (QED) is 0.427. The number of aliphatic imine (C=N–C) groups is 2. The van der Waals surface area contributed by atoms with Gasteiger partial charge in [0.1, 0.15) is 0 Å². The van der Waals surface area contributed by atoms with Crippen molar-refractivity contribution in [1.82, 2.24) is 9.36 Å². The van der Waals surface area contributed by atoms with Crippen LogP contribution >= 0.6 is 15.9 Å². The Hall–Kier alpha value is -3.33. The average molecular weight is 442 g/mol. The summed E-state index contributed by atoms with van der Waals surface area (Å²) < 4.78 is 4.19. The third-order valence-corrected chi connectivity index (χ3v) is 4.63. The maximum Gasteiger partial charge on any atom is 0.297 e. The summed E-state index contributed by atoms with van der Waals surface area (Å²) in [6, 6.07) is 16.7. The van der Waals surface area contributed by atoms with Crippen molar-refractivity contribution in [3.63, 3.8) is 0 Å². The van der Waals surface area contributed by atoms with Crippen molar-refractivity contribution in [2.75, 3.05) is 5.32 Å². The molecule has 144 valence electrons. The summed E-state index contributed by atoms with van der Waals surface area (Å²) in [4.78, 5) is 21.0. The van der Waals surface area contributed by atoms with Crippen LogP contribution in [0.15, 0.2) is 73.8 Å². The SMILES string of the molecule is Cc1c(N=C(N)/N=C(\N)Nc2ccc(Br)cc2)c(=O)n(-c2ccccc2)n1C. The predicted molar refractivity (Wildman–Crippen MR) is 116 cm³/mol. The fourth-order valence-corrected chi connectivity index (χ4v) is 2.92. The molecule has 9 heteroatoms. The fourth-order valence-electron chi connectivity index (χ4n) is 2.65. The van der Waals surface area contributed by atoms with Crippen LogP contribution in [0.25, 0.3) is 5.69 Å². The molecule has 8 nitrogen and oxygen atoms in total. The van der Waals surface area contributed by atoms with E-state index in [1.54, 1.807) is 18.7 Å². The molecule has 1 aromatic heterocycles. The Morgan fingerprint density at radius 3 is 2.36 bits per heavy atom. The maximum absolute atomic E-state index is 12.8. The van der Waals surface area contributed by atoms with Crippen molar-refractivity contribution in [2.24, 2.45) is 28.5 Å². The number of nitrogens with one attached hydrogen (secondary N) is 1. The molecule has 3 rings (SSSR count). The van der Waals surface area contributed by atoms with Crippen molar-refractivity contribution in [1.29, 1.82) is 0 Å². The van der Waals surface area contributed by atoms with E-state index in [1.807, 2.05) is 54.6 Å². The van der Waals surface area contributed by atoms with Gasteiger partial charge in [0.25, 0.3) is 5.56 Å². The standard InChI is InChI=1S/C19H20BrN7O/c1-12-16(17(28)27(26(12)2)15-6-4-3-5-7-15)24-19(22)25-18(21)23-14-10-8-13(20)9-11-14/h3-11H,1-2H3,(H5,21,22,23,24,25). The molecule has 0 saturated heterocycles. The highest BCUT2D eigenvalue weighted by atomic mass is 79.9. The number of rotatable bonds is 3. The minimum absolute atomic E-state index is 0.0699. The summed E-state index contributed by atoms with van der Waals surface area (Å²) in [5.41, 5.74) is 13.8. The van der Waals surface area contributed by atoms with Gasteiger partial charge < -0.3 is 16.8 Å². The summed E-state index contributed by atoms with van der Waals surface area (Å²) in [7, 11) is 1.78. The molecular formula is C19H20BrN7O. The van der Waals surface area contributed by atoms with E-state index >= 15 is 0 Å². The van der Waals surface area contributed by atoms with Gasteiger partial charge in [-0.25, -0.2) is 9.67 Å². The molecule has 0 radical (unpaired) electrons. The largest absolute Gasteiger partial charge is 0.369 e. The summed E-state index contributed by atoms with van der Waals surface area (Å²) in [6.45, 7) is 1.79. The van der Waals surface area contributed by atoms with Crippen LogP contribution < -0.4 is 22.3 Å². The normalized spacial score (nSPS) is 12.2. The van der Waals surface area contributed by atoms with Gasteiger partial charge in [-0.2, -0.15) is 4.99 Å². The second-order valence-electron chi connectivity index (χ2n) is 6.01. The van der Waals surface area contributed by atoms with E-state index in [-0.39, 0.29) is 23.2 Å². The van der Waals surface area contributed by atoms with Gasteiger partial charge in [0, 0.05) is 17.2 Å². The molecule has 5 N–H and O–H groups in total. The maximum atomic E-state index is 12.8. The number of anilines is 1. The highest BCUT2D eigenvalue weighted by molar-refractivity contribution is 9.10. The molecule has 3 aromatic rings. The van der Waals surface area contributed by atoms with E-state index in [0.29, 0.717) is 5.69 Å². The lowest BCUT2D eigenvalue weighted by molar-refractivity contribution is 0.630. The number of aromatic nitrogens is 2. The van der Waals surface area contributed by atoms with E-state index < -0.39 is 0 Å². The molecule has 0 amide bonds. The van der Waals surface area contributed by atoms with Crippen molar-refractivity contribution in [3.8, 4) is 5.69 Å². The van der Waals surface area contributed by atoms with E-state index in [0.717, 1.165) is 15.8 Å². The van der Waals surface area contributed by atoms with E-state index in [9.17, 15) is 4.79 Å². The highest BCUT2D eigenvalue weighted by Crippen LogP contribution is 2.17. The Kier molecular flexibility index (Phi) is 5.65. The third-order valence-electron chi connectivity index (χ3n) is 4.10. The van der Waals surface area contributed by atoms with Crippen LogP contribution in [0, 0.1) is 6.92 Å². The minimum atomic E-state index is -0.288. The Morgan fingerprint density at radius 1 is 1.07 bits per heavy atom. The first-order valence-electron chi connectivity index (χ1n) is 8.41. The molecule has 0 saturated carbocycles. The zero-order valence-electron chi connectivity index (χ0n) is 15.4. The summed E-state index contributed by atoms with van der Waals surface area (Å²) in [5.74, 6) is -0.0475. The number of guanidine groups is 2. The van der Waals surface area contributed by atoms with Crippen molar-refractivity contribution in [2.45, 2.75) is 6.92 Å². The number of hydrogen-bond donors (Lipinski definition) is 3. The molecule has 28 heavy (non-hydrogen) atoms. The molecule has 0 unspecified atom stereocenters. The topological polar surface area (TPSA) is 116 Å². The molecule has 0 spiro atoms. The monoisotopic (exact) mass is 441 g/mol. The van der Waals surface area contributed by atoms with E-state index in [2.05, 4.69) is 31.2 Å². The van der Waals surface area contributed by atoms with Crippen LogP contribution in [-0.4, -0.2) is 21.3 Å². The lowest BCUT2D eigenvalue weighted by atomic mass is 10.3. The van der Waals surface area contributed by atoms with Gasteiger partial charge in [-0.05, 0) is 43.3 Å². The van der Waals surface area contributed by atoms with Gasteiger partial charge in [-0.15, -0.1) is 0 Å². The Bertz CT molecular complexity index is 1100. The molecule has 0 bridgehead atoms. The van der Waals surface area contributed by atoms with Gasteiger partial charge in [-0.1, -0.05) is 34.1 Å². The molecular weight excluding hydrogens is 422 g/mol. The summed E-state index contributed by atoms with van der Waals surface area (Å²) >= 11 is 3.37. The van der Waals surface area contributed by atoms with Crippen LogP contribution in [0.2, 0.25) is 0 Å². The zero-order chi connectivity index (χ0) is 20.3. The second-order valence-corrected chi connectivity index (χ2v) is 6.92. The number of benzene rings is 2. The number of para-hydroxylation sites is 1. The summed E-state index contributed by atoms with van der Waals surface area (Å²) in [6.07, 6.45) is 0. The molecule has 0 fully saturated rings. The smallest absolute Gasteiger partial charge is 0.297 e. The van der Waals surface area contributed by atoms with Crippen LogP contribution in [0.5, 0.6) is 0 Å². The predicted octanol–water partition coefficient (Wildman–Crippen LogP) is 2.62. The van der Waals surface area contributed by atoms with E-state index in [1.165, 1.54) is 4.68 Å². The van der Waals surface area contributed by atoms with Crippen LogP contribution in [0.3, 0.4) is 0 Å². The van der Waals surface area contributed by atoms with Gasteiger partial charge in [0.2, 0.25) is 11.9 Å². The van der Waals surface area contributed by atoms with Gasteiger partial charge in [0.15, 0.2) is 5.69 Å². The van der Waals surface area contributed by atoms with Gasteiger partial charge in [-0.3, -0.25) is 9.48 Å². The lowest BCUT2D eigenvalue weighted by Crippen LogP contribution is -2.26. The third kappa shape index (κ3) is 4.15. The summed E-state index contributed by atoms with van der Waals surface area (Å²) in [5, 5.41) is 2.92. The van der Waals surface area contributed by atoms with Crippen molar-refractivity contribution < 1.29 is 0 Å². The number of halogens is 1. The molecule has 1 heterocycles. The molecule has 2 aromatic carbocycles. The highest BCUT2D eigenvalue weighted by Gasteiger charge is 2.15. The Balaban J connectivity index is 1.90. The Labute approximate surface area is 170 Å². The minimum Gasteiger partial charge on any atom is -0.369 e. The van der Waals surface area contributed by atoms with Crippen LogP contribution in [0.4, 0.5) is 11.4 Å². The number of nitrogens with two attached hydrogens (primary N) is 2. The number of hydrogen-bond acceptors (Lipinski definition) is 2. The van der Waals surface area contributed by atoms with Gasteiger partial charge in [0.05, 0.1) is 11.4 Å². The molecule has 0 aliphatic heterocycles. The average Bonchev–Trinajstić information content (AvgIpc) is 2.87. The zero-order valence-corrected chi connectivity index (χ0v) is 17.0. The van der Waals surface area contributed by atoms with Crippen molar-refractivity contribution >= 4 is 39.2 Å². The fraction of sp³-hybridized carbons (Fsp3) is 0.105. The number of nitrogens with zero attached hydrogens (tertiary/aromatic N) is 4. The van der Waals surface area contributed by atoms with Crippen LogP contribution in [0.1, 0.15) is 5.69 Å².